The largest absolute Gasteiger partial charge is 0.478 e. The summed E-state index contributed by atoms with van der Waals surface area (Å²) >= 11 is 0. The number of aromatic carboxylic acids is 2. The smallest absolute Gasteiger partial charge is 0.335 e. The summed E-state index contributed by atoms with van der Waals surface area (Å²) in [7, 11) is 0. The summed E-state index contributed by atoms with van der Waals surface area (Å²) in [5.74, 6) is -1.97. The van der Waals surface area contributed by atoms with Crippen molar-refractivity contribution in [2.24, 2.45) is 4.99 Å². The number of carboxylic acid groups (broad SMARTS) is 2. The van der Waals surface area contributed by atoms with Crippen LogP contribution in [0.15, 0.2) is 71.9 Å². The molecule has 0 bridgehead atoms. The fraction of sp³-hybridized carbons (Fsp3) is 0. The Morgan fingerprint density at radius 3 is 2.28 bits per heavy atom. The Morgan fingerprint density at radius 1 is 0.880 bits per heavy atom. The van der Waals surface area contributed by atoms with E-state index in [4.69, 9.17) is 10.2 Å². The molecule has 0 radical (unpaired) electrons. The lowest BCUT2D eigenvalue weighted by molar-refractivity contribution is 0.0686. The molecule has 0 saturated carbocycles. The van der Waals surface area contributed by atoms with Gasteiger partial charge in [-0.15, -0.1) is 0 Å². The summed E-state index contributed by atoms with van der Waals surface area (Å²) in [6, 6.07) is 16.6. The van der Waals surface area contributed by atoms with Crippen molar-refractivity contribution in [2.45, 2.75) is 0 Å². The van der Waals surface area contributed by atoms with E-state index in [0.717, 1.165) is 11.4 Å². The van der Waals surface area contributed by atoms with Gasteiger partial charge >= 0.3 is 11.9 Å². The highest BCUT2D eigenvalue weighted by Gasteiger charge is 2.05. The van der Waals surface area contributed by atoms with Crippen molar-refractivity contribution in [3.8, 4) is 5.69 Å². The first-order valence-electron chi connectivity index (χ1n) is 7.43. The molecule has 1 heterocycles. The molecule has 0 atom stereocenters. The Bertz CT molecular complexity index is 956. The molecule has 0 aliphatic carbocycles. The molecule has 2 N–H and O–H groups in total. The van der Waals surface area contributed by atoms with Crippen LogP contribution in [0.25, 0.3) is 5.69 Å². The van der Waals surface area contributed by atoms with Gasteiger partial charge in [0.25, 0.3) is 0 Å². The second-order valence-corrected chi connectivity index (χ2v) is 5.27. The van der Waals surface area contributed by atoms with E-state index in [1.54, 1.807) is 30.5 Å². The van der Waals surface area contributed by atoms with E-state index < -0.39 is 11.9 Å². The third-order valence-electron chi connectivity index (χ3n) is 3.61. The molecule has 0 spiro atoms. The molecule has 6 heteroatoms. The zero-order valence-electron chi connectivity index (χ0n) is 13.0. The molecule has 0 amide bonds. The van der Waals surface area contributed by atoms with Gasteiger partial charge in [-0.25, -0.2) is 9.59 Å². The topological polar surface area (TPSA) is 91.9 Å². The Morgan fingerprint density at radius 2 is 1.60 bits per heavy atom. The number of aliphatic imine (C=N–C) groups is 1. The molecular formula is C19H14N2O4. The molecule has 25 heavy (non-hydrogen) atoms. The quantitative estimate of drug-likeness (QED) is 0.697. The molecule has 3 rings (SSSR count). The van der Waals surface area contributed by atoms with Crippen LogP contribution in [-0.4, -0.2) is 32.9 Å². The zero-order chi connectivity index (χ0) is 17.8. The normalized spacial score (nSPS) is 10.9. The number of benzene rings is 2. The summed E-state index contributed by atoms with van der Waals surface area (Å²) in [4.78, 5) is 26.3. The predicted octanol–water partition coefficient (Wildman–Crippen LogP) is 3.62. The summed E-state index contributed by atoms with van der Waals surface area (Å²) in [6.07, 6.45) is 3.47. The van der Waals surface area contributed by atoms with E-state index >= 15 is 0 Å². The van der Waals surface area contributed by atoms with E-state index in [9.17, 15) is 9.59 Å². The van der Waals surface area contributed by atoms with E-state index in [-0.39, 0.29) is 11.1 Å². The van der Waals surface area contributed by atoms with Crippen molar-refractivity contribution in [1.29, 1.82) is 0 Å². The van der Waals surface area contributed by atoms with Crippen LogP contribution in [0.1, 0.15) is 26.4 Å². The zero-order valence-corrected chi connectivity index (χ0v) is 13.0. The van der Waals surface area contributed by atoms with Crippen molar-refractivity contribution in [3.63, 3.8) is 0 Å². The van der Waals surface area contributed by atoms with Gasteiger partial charge in [0.15, 0.2) is 0 Å². The van der Waals surface area contributed by atoms with Gasteiger partial charge in [0.05, 0.1) is 28.7 Å². The Kier molecular flexibility index (Phi) is 4.43. The van der Waals surface area contributed by atoms with Gasteiger partial charge < -0.3 is 14.8 Å². The first-order valence-corrected chi connectivity index (χ1v) is 7.43. The highest BCUT2D eigenvalue weighted by atomic mass is 16.4. The van der Waals surface area contributed by atoms with Crippen molar-refractivity contribution >= 4 is 23.8 Å². The second-order valence-electron chi connectivity index (χ2n) is 5.27. The highest BCUT2D eigenvalue weighted by Crippen LogP contribution is 2.16. The first-order chi connectivity index (χ1) is 12.0. The Labute approximate surface area is 143 Å². The fourth-order valence-electron chi connectivity index (χ4n) is 2.36. The van der Waals surface area contributed by atoms with Crippen LogP contribution in [0, 0.1) is 0 Å². The third kappa shape index (κ3) is 3.64. The van der Waals surface area contributed by atoms with Gasteiger partial charge in [-0.3, -0.25) is 4.99 Å². The van der Waals surface area contributed by atoms with Crippen molar-refractivity contribution < 1.29 is 19.8 Å². The summed E-state index contributed by atoms with van der Waals surface area (Å²) < 4.78 is 1.86. The van der Waals surface area contributed by atoms with Crippen LogP contribution in [-0.2, 0) is 0 Å². The number of hydrogen-bond donors (Lipinski definition) is 2. The average molecular weight is 334 g/mol. The number of aromatic nitrogens is 1. The lowest BCUT2D eigenvalue weighted by Crippen LogP contribution is -2.00. The molecular weight excluding hydrogens is 320 g/mol. The van der Waals surface area contributed by atoms with Crippen LogP contribution in [0.2, 0.25) is 0 Å². The van der Waals surface area contributed by atoms with Gasteiger partial charge in [-0.05, 0) is 54.6 Å². The molecule has 0 fully saturated rings. The molecule has 1 aromatic heterocycles. The Balaban J connectivity index is 1.88. The van der Waals surface area contributed by atoms with E-state index in [0.29, 0.717) is 5.69 Å². The minimum Gasteiger partial charge on any atom is -0.478 e. The predicted molar refractivity (Wildman–Crippen MR) is 93.4 cm³/mol. The molecule has 0 aliphatic rings. The first kappa shape index (κ1) is 16.2. The lowest BCUT2D eigenvalue weighted by Gasteiger charge is -2.06. The van der Waals surface area contributed by atoms with Gasteiger partial charge in [-0.2, -0.15) is 0 Å². The highest BCUT2D eigenvalue weighted by molar-refractivity contribution is 5.89. The SMILES string of the molecule is O=C(O)c1ccc(-n2cccc2C=Nc2cccc(C(=O)O)c2)cc1. The second kappa shape index (κ2) is 6.84. The maximum Gasteiger partial charge on any atom is 0.335 e. The number of rotatable bonds is 5. The maximum absolute atomic E-state index is 11.0. The van der Waals surface area contributed by atoms with Crippen LogP contribution < -0.4 is 0 Å². The third-order valence-corrected chi connectivity index (χ3v) is 3.61. The molecule has 124 valence electrons. The Hall–Kier alpha value is -3.67. The summed E-state index contributed by atoms with van der Waals surface area (Å²) in [5.41, 5.74) is 2.51. The van der Waals surface area contributed by atoms with Gasteiger partial charge in [0.2, 0.25) is 0 Å². The van der Waals surface area contributed by atoms with Crippen LogP contribution in [0.4, 0.5) is 5.69 Å². The van der Waals surface area contributed by atoms with E-state index in [2.05, 4.69) is 4.99 Å². The van der Waals surface area contributed by atoms with Crippen LogP contribution in [0.5, 0.6) is 0 Å². The minimum absolute atomic E-state index is 0.175. The average Bonchev–Trinajstić information content (AvgIpc) is 3.09. The number of carboxylic acids is 2. The van der Waals surface area contributed by atoms with Gasteiger partial charge in [-0.1, -0.05) is 6.07 Å². The maximum atomic E-state index is 11.0. The number of carbonyl (C=O) groups is 2. The molecule has 6 nitrogen and oxygen atoms in total. The molecule has 3 aromatic rings. The van der Waals surface area contributed by atoms with Crippen LogP contribution >= 0.6 is 0 Å². The standard InChI is InChI=1S/C19H14N2O4/c22-18(23)13-6-8-16(9-7-13)21-10-2-5-17(21)12-20-15-4-1-3-14(11-15)19(24)25/h1-12H,(H,22,23)(H,24,25). The number of hydrogen-bond acceptors (Lipinski definition) is 3. The lowest BCUT2D eigenvalue weighted by atomic mass is 10.2. The van der Waals surface area contributed by atoms with E-state index in [1.165, 1.54) is 24.3 Å². The fourth-order valence-corrected chi connectivity index (χ4v) is 2.36. The summed E-state index contributed by atoms with van der Waals surface area (Å²) in [5, 5.41) is 18.0. The molecule has 0 aliphatic heterocycles. The van der Waals surface area contributed by atoms with Crippen molar-refractivity contribution in [3.05, 3.63) is 83.7 Å². The van der Waals surface area contributed by atoms with Gasteiger partial charge in [0.1, 0.15) is 0 Å². The summed E-state index contributed by atoms with van der Waals surface area (Å²) in [6.45, 7) is 0. The molecule has 2 aromatic carbocycles. The van der Waals surface area contributed by atoms with Crippen molar-refractivity contribution in [2.75, 3.05) is 0 Å². The molecule has 0 saturated heterocycles. The van der Waals surface area contributed by atoms with Crippen molar-refractivity contribution in [1.82, 2.24) is 4.57 Å². The molecule has 0 unspecified atom stereocenters. The van der Waals surface area contributed by atoms with E-state index in [1.807, 2.05) is 22.9 Å². The monoisotopic (exact) mass is 334 g/mol. The minimum atomic E-state index is -1.00. The number of nitrogens with zero attached hydrogens (tertiary/aromatic N) is 2. The van der Waals surface area contributed by atoms with Gasteiger partial charge in [0, 0.05) is 11.9 Å². The van der Waals surface area contributed by atoms with Crippen LogP contribution in [0.3, 0.4) is 0 Å².